The number of aliphatic hydroxyl groups is 1. The molecule has 6 aromatic carbocycles. The topological polar surface area (TPSA) is 130 Å². The van der Waals surface area contributed by atoms with E-state index < -0.39 is 67.4 Å². The Labute approximate surface area is 398 Å². The van der Waals surface area contributed by atoms with Gasteiger partial charge in [0.1, 0.15) is 42.7 Å². The van der Waals surface area contributed by atoms with Crippen LogP contribution in [0.4, 0.5) is 0 Å². The van der Waals surface area contributed by atoms with Crippen molar-refractivity contribution in [3.8, 4) is 0 Å². The van der Waals surface area contributed by atoms with Crippen molar-refractivity contribution in [2.75, 3.05) is 13.2 Å². The first-order valence-corrected chi connectivity index (χ1v) is 23.1. The van der Waals surface area contributed by atoms with Gasteiger partial charge in [0.15, 0.2) is 18.7 Å². The fourth-order valence-corrected chi connectivity index (χ4v) is 8.35. The molecule has 1 unspecified atom stereocenters. The number of benzene rings is 6. The van der Waals surface area contributed by atoms with Gasteiger partial charge in [-0.2, -0.15) is 0 Å². The molecule has 0 aromatic heterocycles. The van der Waals surface area contributed by atoms with E-state index in [0.717, 1.165) is 33.4 Å². The molecular formula is C56H60O12. The maximum absolute atomic E-state index is 13.2. The number of ether oxygens (including phenoxy) is 10. The summed E-state index contributed by atoms with van der Waals surface area (Å²) in [5.74, 6) is -0.599. The zero-order chi connectivity index (χ0) is 46.8. The summed E-state index contributed by atoms with van der Waals surface area (Å²) in [4.78, 5) is 13.2. The molecule has 0 bridgehead atoms. The predicted molar refractivity (Wildman–Crippen MR) is 252 cm³/mol. The SMILES string of the molecule is CC(=O)O[C@H]1C(O[C@@H]2[C@@H](OCc3ccccc3)[C@H](OCc3ccccc3)[C@@H](COCc3ccccc3)O[C@@H]2O)O[C@H](COCc2ccccc2)[C@@H](OCc2ccccc2)[C@@H]1OCc1ccccc1. The van der Waals surface area contributed by atoms with E-state index in [-0.39, 0.29) is 39.6 Å². The zero-order valence-corrected chi connectivity index (χ0v) is 38.2. The fraction of sp³-hybridized carbons (Fsp3) is 0.339. The highest BCUT2D eigenvalue weighted by molar-refractivity contribution is 5.66. The van der Waals surface area contributed by atoms with Crippen LogP contribution in [0.5, 0.6) is 0 Å². The van der Waals surface area contributed by atoms with Gasteiger partial charge in [0.05, 0.1) is 52.9 Å². The van der Waals surface area contributed by atoms with E-state index in [1.54, 1.807) is 0 Å². The van der Waals surface area contributed by atoms with Crippen molar-refractivity contribution in [1.29, 1.82) is 0 Å². The third kappa shape index (κ3) is 14.2. The van der Waals surface area contributed by atoms with Gasteiger partial charge in [-0.25, -0.2) is 0 Å². The van der Waals surface area contributed by atoms with Crippen molar-refractivity contribution in [3.05, 3.63) is 215 Å². The van der Waals surface area contributed by atoms with Crippen LogP contribution in [0.2, 0.25) is 0 Å². The standard InChI is InChI=1S/C56H60O12/c1-40(57)65-54-52(64-37-46-30-18-7-19-31-46)50(62-35-44-26-14-5-15-27-44)48(39-60-33-42-22-10-3-11-23-42)67-56(54)68-53-51(63-36-45-28-16-6-17-29-45)49(61-34-43-24-12-4-13-25-43)47(66-55(53)58)38-59-32-41-20-8-2-9-21-41/h2-31,47-56,58H,32-39H2,1H3/t47-,48-,49-,50-,51+,52+,53-,54-,55+,56?/m1/s1. The second kappa shape index (κ2) is 25.7. The van der Waals surface area contributed by atoms with Crippen LogP contribution in [-0.4, -0.2) is 85.7 Å². The van der Waals surface area contributed by atoms with Crippen LogP contribution in [0.1, 0.15) is 40.3 Å². The minimum atomic E-state index is -1.58. The van der Waals surface area contributed by atoms with E-state index in [0.29, 0.717) is 13.2 Å². The van der Waals surface area contributed by atoms with Crippen LogP contribution in [0.3, 0.4) is 0 Å². The van der Waals surface area contributed by atoms with Crippen molar-refractivity contribution in [2.24, 2.45) is 0 Å². The molecule has 68 heavy (non-hydrogen) atoms. The van der Waals surface area contributed by atoms with Crippen molar-refractivity contribution in [2.45, 2.75) is 108 Å². The first-order valence-electron chi connectivity index (χ1n) is 23.1. The summed E-state index contributed by atoms with van der Waals surface area (Å²) in [6.07, 6.45) is -10.6. The van der Waals surface area contributed by atoms with Crippen LogP contribution in [0.15, 0.2) is 182 Å². The lowest BCUT2D eigenvalue weighted by atomic mass is 9.96. The Balaban J connectivity index is 1.13. The number of rotatable bonds is 23. The highest BCUT2D eigenvalue weighted by Gasteiger charge is 2.55. The lowest BCUT2D eigenvalue weighted by molar-refractivity contribution is -0.375. The quantitative estimate of drug-likeness (QED) is 0.0619. The summed E-state index contributed by atoms with van der Waals surface area (Å²) in [6.45, 7) is 2.73. The van der Waals surface area contributed by atoms with Gasteiger partial charge < -0.3 is 52.5 Å². The third-order valence-electron chi connectivity index (χ3n) is 11.7. The fourth-order valence-electron chi connectivity index (χ4n) is 8.35. The van der Waals surface area contributed by atoms with Crippen molar-refractivity contribution < 1.29 is 57.3 Å². The molecule has 12 nitrogen and oxygen atoms in total. The van der Waals surface area contributed by atoms with Crippen molar-refractivity contribution in [1.82, 2.24) is 0 Å². The average molecular weight is 925 g/mol. The van der Waals surface area contributed by atoms with E-state index in [1.807, 2.05) is 182 Å². The van der Waals surface area contributed by atoms with E-state index in [9.17, 15) is 9.90 Å². The Morgan fingerprint density at radius 2 is 0.721 bits per heavy atom. The van der Waals surface area contributed by atoms with Crippen molar-refractivity contribution in [3.63, 3.8) is 0 Å². The first-order chi connectivity index (χ1) is 33.5. The summed E-state index contributed by atoms with van der Waals surface area (Å²) < 4.78 is 66.0. The van der Waals surface area contributed by atoms with E-state index in [2.05, 4.69) is 0 Å². The molecule has 0 saturated carbocycles. The molecule has 8 rings (SSSR count). The number of esters is 1. The van der Waals surface area contributed by atoms with Gasteiger partial charge in [-0.3, -0.25) is 4.79 Å². The molecule has 2 heterocycles. The first kappa shape index (κ1) is 48.8. The molecule has 12 heteroatoms. The molecule has 2 saturated heterocycles. The van der Waals surface area contributed by atoms with Crippen LogP contribution in [0.25, 0.3) is 0 Å². The summed E-state index contributed by atoms with van der Waals surface area (Å²) in [5, 5.41) is 12.2. The van der Waals surface area contributed by atoms with Crippen LogP contribution in [0, 0.1) is 0 Å². The molecule has 6 aromatic rings. The van der Waals surface area contributed by atoms with Crippen LogP contribution in [-0.2, 0) is 91.8 Å². The number of carbonyl (C=O) groups excluding carboxylic acids is 1. The molecule has 10 atom stereocenters. The van der Waals surface area contributed by atoms with Crippen LogP contribution < -0.4 is 0 Å². The zero-order valence-electron chi connectivity index (χ0n) is 38.2. The Bertz CT molecular complexity index is 2330. The van der Waals surface area contributed by atoms with Gasteiger partial charge in [-0.1, -0.05) is 182 Å². The van der Waals surface area contributed by atoms with Gasteiger partial charge in [-0.05, 0) is 33.4 Å². The highest BCUT2D eigenvalue weighted by Crippen LogP contribution is 2.36. The Hall–Kier alpha value is -5.61. The largest absolute Gasteiger partial charge is 0.454 e. The maximum Gasteiger partial charge on any atom is 0.303 e. The number of hydrogen-bond acceptors (Lipinski definition) is 12. The molecule has 2 aliphatic heterocycles. The van der Waals surface area contributed by atoms with Crippen molar-refractivity contribution >= 4 is 5.97 Å². The molecule has 0 amide bonds. The highest BCUT2D eigenvalue weighted by atomic mass is 16.8. The lowest BCUT2D eigenvalue weighted by Gasteiger charge is -2.49. The second-order valence-electron chi connectivity index (χ2n) is 16.8. The monoisotopic (exact) mass is 924 g/mol. The molecule has 1 N–H and O–H groups in total. The van der Waals surface area contributed by atoms with Crippen LogP contribution >= 0.6 is 0 Å². The summed E-state index contributed by atoms with van der Waals surface area (Å²) in [7, 11) is 0. The number of carbonyl (C=O) groups is 1. The van der Waals surface area contributed by atoms with Gasteiger partial charge in [0, 0.05) is 6.92 Å². The predicted octanol–water partition coefficient (Wildman–Crippen LogP) is 8.52. The van der Waals surface area contributed by atoms with Gasteiger partial charge in [0.2, 0.25) is 0 Å². The lowest BCUT2D eigenvalue weighted by Crippen LogP contribution is -2.66. The normalized spacial score (nSPS) is 24.9. The van der Waals surface area contributed by atoms with Gasteiger partial charge >= 0.3 is 5.97 Å². The summed E-state index contributed by atoms with van der Waals surface area (Å²) in [5.41, 5.74) is 5.57. The molecule has 0 spiro atoms. The van der Waals surface area contributed by atoms with E-state index >= 15 is 0 Å². The maximum atomic E-state index is 13.2. The molecule has 2 aliphatic rings. The summed E-state index contributed by atoms with van der Waals surface area (Å²) in [6, 6.07) is 58.6. The smallest absolute Gasteiger partial charge is 0.303 e. The average Bonchev–Trinajstić information content (AvgIpc) is 3.37. The molecule has 0 aliphatic carbocycles. The number of hydrogen-bond donors (Lipinski definition) is 1. The molecule has 356 valence electrons. The molecule has 0 radical (unpaired) electrons. The number of aliphatic hydroxyl groups excluding tert-OH is 1. The molecular weight excluding hydrogens is 865 g/mol. The second-order valence-corrected chi connectivity index (χ2v) is 16.8. The minimum Gasteiger partial charge on any atom is -0.454 e. The minimum absolute atomic E-state index is 0.0491. The Morgan fingerprint density at radius 3 is 1.07 bits per heavy atom. The Morgan fingerprint density at radius 1 is 0.412 bits per heavy atom. The van der Waals surface area contributed by atoms with E-state index in [4.69, 9.17) is 47.4 Å². The third-order valence-corrected chi connectivity index (χ3v) is 11.7. The summed E-state index contributed by atoms with van der Waals surface area (Å²) >= 11 is 0. The Kier molecular flexibility index (Phi) is 18.4. The van der Waals surface area contributed by atoms with E-state index in [1.165, 1.54) is 6.92 Å². The molecule has 2 fully saturated rings. The van der Waals surface area contributed by atoms with Gasteiger partial charge in [0.25, 0.3) is 0 Å². The van der Waals surface area contributed by atoms with Gasteiger partial charge in [-0.15, -0.1) is 0 Å².